The quantitative estimate of drug-likeness (QED) is 0.731. The third kappa shape index (κ3) is 3.13. The van der Waals surface area contributed by atoms with Crippen LogP contribution in [0.4, 0.5) is 5.69 Å². The highest BCUT2D eigenvalue weighted by molar-refractivity contribution is 5.82. The van der Waals surface area contributed by atoms with Crippen LogP contribution >= 0.6 is 0 Å². The molecule has 1 aliphatic heterocycles. The zero-order valence-electron chi connectivity index (χ0n) is 14.2. The van der Waals surface area contributed by atoms with Gasteiger partial charge in [-0.15, -0.1) is 0 Å². The van der Waals surface area contributed by atoms with Gasteiger partial charge in [-0.25, -0.2) is 0 Å². The van der Waals surface area contributed by atoms with Crippen LogP contribution in [0.3, 0.4) is 0 Å². The molecule has 24 heavy (non-hydrogen) atoms. The maximum absolute atomic E-state index is 4.61. The molecule has 2 aromatic carbocycles. The number of aromatic nitrogens is 1. The van der Waals surface area contributed by atoms with Crippen molar-refractivity contribution >= 4 is 16.6 Å². The first kappa shape index (κ1) is 15.2. The van der Waals surface area contributed by atoms with Gasteiger partial charge in [-0.3, -0.25) is 9.88 Å². The van der Waals surface area contributed by atoms with E-state index in [0.29, 0.717) is 0 Å². The first-order chi connectivity index (χ1) is 11.8. The number of anilines is 1. The molecule has 1 fully saturated rings. The summed E-state index contributed by atoms with van der Waals surface area (Å²) in [4.78, 5) is 9.63. The summed E-state index contributed by atoms with van der Waals surface area (Å²) in [5.74, 6) is 0. The van der Waals surface area contributed by atoms with E-state index >= 15 is 0 Å². The van der Waals surface area contributed by atoms with Gasteiger partial charge in [0.1, 0.15) is 0 Å². The van der Waals surface area contributed by atoms with Crippen molar-refractivity contribution in [2.45, 2.75) is 13.5 Å². The second kappa shape index (κ2) is 6.62. The number of rotatable bonds is 3. The lowest BCUT2D eigenvalue weighted by molar-refractivity contribution is 0.250. The first-order valence-corrected chi connectivity index (χ1v) is 8.66. The molecule has 122 valence electrons. The highest BCUT2D eigenvalue weighted by Crippen LogP contribution is 2.22. The minimum atomic E-state index is 0.984. The van der Waals surface area contributed by atoms with Crippen molar-refractivity contribution in [1.29, 1.82) is 0 Å². The maximum Gasteiger partial charge on any atom is 0.0747 e. The van der Waals surface area contributed by atoms with Gasteiger partial charge in [0.05, 0.1) is 5.52 Å². The molecule has 1 aliphatic rings. The highest BCUT2D eigenvalue weighted by Gasteiger charge is 2.18. The van der Waals surface area contributed by atoms with Gasteiger partial charge in [-0.1, -0.05) is 35.9 Å². The van der Waals surface area contributed by atoms with Gasteiger partial charge in [0.25, 0.3) is 0 Å². The SMILES string of the molecule is Cc1cc(CN2CCN(c3ccccc3)CC2)c2ncccc2c1. The minimum absolute atomic E-state index is 0.984. The topological polar surface area (TPSA) is 19.4 Å². The number of fused-ring (bicyclic) bond motifs is 1. The van der Waals surface area contributed by atoms with E-state index in [-0.39, 0.29) is 0 Å². The normalized spacial score (nSPS) is 15.8. The Balaban J connectivity index is 1.48. The molecule has 2 heterocycles. The molecule has 0 bridgehead atoms. The lowest BCUT2D eigenvalue weighted by Gasteiger charge is -2.36. The highest BCUT2D eigenvalue weighted by atomic mass is 15.3. The van der Waals surface area contributed by atoms with Crippen molar-refractivity contribution < 1.29 is 0 Å². The Morgan fingerprint density at radius 3 is 2.50 bits per heavy atom. The van der Waals surface area contributed by atoms with Gasteiger partial charge < -0.3 is 4.90 Å². The second-order valence-electron chi connectivity index (χ2n) is 6.60. The van der Waals surface area contributed by atoms with Crippen molar-refractivity contribution in [3.8, 4) is 0 Å². The molecule has 1 aromatic heterocycles. The van der Waals surface area contributed by atoms with Crippen LogP contribution in [0.5, 0.6) is 0 Å². The average Bonchev–Trinajstić information content (AvgIpc) is 2.63. The number of pyridine rings is 1. The largest absolute Gasteiger partial charge is 0.369 e. The zero-order valence-corrected chi connectivity index (χ0v) is 14.2. The summed E-state index contributed by atoms with van der Waals surface area (Å²) in [6, 6.07) is 19.4. The number of nitrogens with zero attached hydrogens (tertiary/aromatic N) is 3. The smallest absolute Gasteiger partial charge is 0.0747 e. The predicted molar refractivity (Wildman–Crippen MR) is 100 cm³/mol. The first-order valence-electron chi connectivity index (χ1n) is 8.66. The molecule has 0 N–H and O–H groups in total. The third-order valence-corrected chi connectivity index (χ3v) is 4.82. The van der Waals surface area contributed by atoms with E-state index < -0.39 is 0 Å². The molecule has 0 aliphatic carbocycles. The summed E-state index contributed by atoms with van der Waals surface area (Å²) in [7, 11) is 0. The molecule has 0 spiro atoms. The van der Waals surface area contributed by atoms with Gasteiger partial charge in [-0.05, 0) is 36.8 Å². The molecule has 0 saturated carbocycles. The monoisotopic (exact) mass is 317 g/mol. The van der Waals surface area contributed by atoms with Crippen LogP contribution in [-0.2, 0) is 6.54 Å². The Morgan fingerprint density at radius 1 is 0.917 bits per heavy atom. The van der Waals surface area contributed by atoms with E-state index in [9.17, 15) is 0 Å². The summed E-state index contributed by atoms with van der Waals surface area (Å²) in [6.07, 6.45) is 1.90. The van der Waals surface area contributed by atoms with Crippen LogP contribution in [0.25, 0.3) is 10.9 Å². The lowest BCUT2D eigenvalue weighted by Crippen LogP contribution is -2.46. The molecule has 3 heteroatoms. The van der Waals surface area contributed by atoms with E-state index in [0.717, 1.165) is 38.2 Å². The van der Waals surface area contributed by atoms with Gasteiger partial charge in [0.15, 0.2) is 0 Å². The van der Waals surface area contributed by atoms with Crippen LogP contribution in [0.15, 0.2) is 60.8 Å². The Bertz CT molecular complexity index is 821. The average molecular weight is 317 g/mol. The lowest BCUT2D eigenvalue weighted by atomic mass is 10.0. The Kier molecular flexibility index (Phi) is 4.18. The molecule has 3 nitrogen and oxygen atoms in total. The van der Waals surface area contributed by atoms with Crippen molar-refractivity contribution in [2.24, 2.45) is 0 Å². The number of para-hydroxylation sites is 1. The standard InChI is InChI=1S/C21H23N3/c1-17-14-18-6-5-9-22-21(18)19(15-17)16-23-10-12-24(13-11-23)20-7-3-2-4-8-20/h2-9,14-15H,10-13,16H2,1H3. The molecule has 3 aromatic rings. The van der Waals surface area contributed by atoms with Crippen LogP contribution in [0, 0.1) is 6.92 Å². The summed E-state index contributed by atoms with van der Waals surface area (Å²) in [6.45, 7) is 7.51. The van der Waals surface area contributed by atoms with Gasteiger partial charge in [-0.2, -0.15) is 0 Å². The van der Waals surface area contributed by atoms with Crippen molar-refractivity contribution in [2.75, 3.05) is 31.1 Å². The van der Waals surface area contributed by atoms with Crippen LogP contribution < -0.4 is 4.90 Å². The zero-order chi connectivity index (χ0) is 16.4. The fourth-order valence-electron chi connectivity index (χ4n) is 3.60. The molecular weight excluding hydrogens is 294 g/mol. The van der Waals surface area contributed by atoms with E-state index in [1.165, 1.54) is 22.2 Å². The molecular formula is C21H23N3. The number of hydrogen-bond donors (Lipinski definition) is 0. The number of benzene rings is 2. The fraction of sp³-hybridized carbons (Fsp3) is 0.286. The number of hydrogen-bond acceptors (Lipinski definition) is 3. The van der Waals surface area contributed by atoms with Gasteiger partial charge in [0.2, 0.25) is 0 Å². The predicted octanol–water partition coefficient (Wildman–Crippen LogP) is 3.87. The van der Waals surface area contributed by atoms with E-state index in [1.54, 1.807) is 0 Å². The number of piperazine rings is 1. The Labute approximate surface area is 143 Å². The summed E-state index contributed by atoms with van der Waals surface area (Å²) in [5.41, 5.74) is 5.14. The number of aryl methyl sites for hydroxylation is 1. The van der Waals surface area contributed by atoms with Gasteiger partial charge >= 0.3 is 0 Å². The summed E-state index contributed by atoms with van der Waals surface area (Å²) < 4.78 is 0. The van der Waals surface area contributed by atoms with Crippen LogP contribution in [-0.4, -0.2) is 36.1 Å². The van der Waals surface area contributed by atoms with Crippen LogP contribution in [0.1, 0.15) is 11.1 Å². The van der Waals surface area contributed by atoms with Gasteiger partial charge in [0, 0.05) is 50.0 Å². The van der Waals surface area contributed by atoms with Crippen molar-refractivity contribution in [3.63, 3.8) is 0 Å². The van der Waals surface area contributed by atoms with E-state index in [4.69, 9.17) is 0 Å². The second-order valence-corrected chi connectivity index (χ2v) is 6.60. The molecule has 1 saturated heterocycles. The fourth-order valence-corrected chi connectivity index (χ4v) is 3.60. The molecule has 0 amide bonds. The summed E-state index contributed by atoms with van der Waals surface area (Å²) in [5, 5.41) is 1.25. The summed E-state index contributed by atoms with van der Waals surface area (Å²) >= 11 is 0. The molecule has 0 atom stereocenters. The molecule has 4 rings (SSSR count). The Morgan fingerprint density at radius 2 is 1.71 bits per heavy atom. The van der Waals surface area contributed by atoms with Crippen molar-refractivity contribution in [1.82, 2.24) is 9.88 Å². The Hall–Kier alpha value is -2.39. The molecule has 0 radical (unpaired) electrons. The maximum atomic E-state index is 4.61. The minimum Gasteiger partial charge on any atom is -0.369 e. The van der Waals surface area contributed by atoms with E-state index in [1.807, 2.05) is 12.3 Å². The van der Waals surface area contributed by atoms with Crippen molar-refractivity contribution in [3.05, 3.63) is 71.9 Å². The van der Waals surface area contributed by atoms with E-state index in [2.05, 4.69) is 70.2 Å². The van der Waals surface area contributed by atoms with Crippen LogP contribution in [0.2, 0.25) is 0 Å². The third-order valence-electron chi connectivity index (χ3n) is 4.82. The molecule has 0 unspecified atom stereocenters.